The number of rotatable bonds is 4. The molecule has 1 aromatic heterocycles. The maximum absolute atomic E-state index is 14.2. The van der Waals surface area contributed by atoms with Crippen molar-refractivity contribution in [2.75, 3.05) is 6.54 Å². The van der Waals surface area contributed by atoms with E-state index >= 15 is 0 Å². The van der Waals surface area contributed by atoms with Gasteiger partial charge in [0.15, 0.2) is 0 Å². The minimum Gasteiger partial charge on any atom is -0.305 e. The van der Waals surface area contributed by atoms with E-state index in [9.17, 15) is 8.78 Å². The van der Waals surface area contributed by atoms with Crippen LogP contribution in [0, 0.1) is 11.6 Å². The van der Waals surface area contributed by atoms with Gasteiger partial charge in [-0.05, 0) is 40.7 Å². The molecule has 2 aromatic rings. The highest BCUT2D eigenvalue weighted by Gasteiger charge is 2.22. The van der Waals surface area contributed by atoms with E-state index in [2.05, 4.69) is 26.2 Å². The minimum absolute atomic E-state index is 0.196. The highest BCUT2D eigenvalue weighted by molar-refractivity contribution is 9.10. The minimum atomic E-state index is -0.608. The fourth-order valence-corrected chi connectivity index (χ4v) is 2.29. The molecule has 0 aliphatic carbocycles. The van der Waals surface area contributed by atoms with Crippen LogP contribution >= 0.6 is 15.9 Å². The van der Waals surface area contributed by atoms with Gasteiger partial charge in [0, 0.05) is 11.8 Å². The molecule has 0 aliphatic rings. The summed E-state index contributed by atoms with van der Waals surface area (Å²) in [5.41, 5.74) is 0.565. The van der Waals surface area contributed by atoms with Crippen LogP contribution in [0.15, 0.2) is 41.0 Å². The Labute approximate surface area is 119 Å². The first-order valence-electron chi connectivity index (χ1n) is 5.92. The Morgan fingerprint density at radius 2 is 2.05 bits per heavy atom. The Morgan fingerprint density at radius 3 is 2.74 bits per heavy atom. The van der Waals surface area contributed by atoms with Gasteiger partial charge in [0.1, 0.15) is 11.6 Å². The first kappa shape index (κ1) is 14.1. The zero-order valence-electron chi connectivity index (χ0n) is 10.3. The molecule has 2 nitrogen and oxygen atoms in total. The quantitative estimate of drug-likeness (QED) is 0.923. The Morgan fingerprint density at radius 1 is 1.26 bits per heavy atom. The van der Waals surface area contributed by atoms with Crippen LogP contribution in [-0.2, 0) is 0 Å². The SMILES string of the molecule is CCNC(c1cccc(Br)c1F)c1ncccc1F. The number of hydrogen-bond acceptors (Lipinski definition) is 2. The van der Waals surface area contributed by atoms with E-state index in [-0.39, 0.29) is 5.69 Å². The van der Waals surface area contributed by atoms with Gasteiger partial charge in [-0.25, -0.2) is 8.78 Å². The molecule has 0 spiro atoms. The van der Waals surface area contributed by atoms with Crippen LogP contribution in [0.3, 0.4) is 0 Å². The van der Waals surface area contributed by atoms with E-state index in [4.69, 9.17) is 0 Å². The molecule has 0 fully saturated rings. The van der Waals surface area contributed by atoms with Gasteiger partial charge >= 0.3 is 0 Å². The summed E-state index contributed by atoms with van der Waals surface area (Å²) in [5.74, 6) is -0.855. The van der Waals surface area contributed by atoms with E-state index in [1.807, 2.05) is 6.92 Å². The maximum atomic E-state index is 14.2. The van der Waals surface area contributed by atoms with Crippen LogP contribution in [0.25, 0.3) is 0 Å². The molecular weight excluding hydrogens is 314 g/mol. The molecule has 1 atom stereocenters. The van der Waals surface area contributed by atoms with Gasteiger partial charge in [-0.3, -0.25) is 4.98 Å². The highest BCUT2D eigenvalue weighted by atomic mass is 79.9. The molecule has 0 radical (unpaired) electrons. The van der Waals surface area contributed by atoms with Gasteiger partial charge in [-0.2, -0.15) is 0 Å². The monoisotopic (exact) mass is 326 g/mol. The van der Waals surface area contributed by atoms with Crippen molar-refractivity contribution in [3.63, 3.8) is 0 Å². The van der Waals surface area contributed by atoms with Crippen LogP contribution in [0.5, 0.6) is 0 Å². The van der Waals surface area contributed by atoms with E-state index < -0.39 is 17.7 Å². The average Bonchev–Trinajstić information content (AvgIpc) is 2.41. The van der Waals surface area contributed by atoms with Crippen LogP contribution < -0.4 is 5.32 Å². The lowest BCUT2D eigenvalue weighted by Gasteiger charge is -2.19. The third-order valence-corrected chi connectivity index (χ3v) is 3.37. The van der Waals surface area contributed by atoms with E-state index in [1.165, 1.54) is 18.3 Å². The predicted molar refractivity (Wildman–Crippen MR) is 73.8 cm³/mol. The van der Waals surface area contributed by atoms with Crippen molar-refractivity contribution >= 4 is 15.9 Å². The summed E-state index contributed by atoms with van der Waals surface area (Å²) in [4.78, 5) is 4.02. The lowest BCUT2D eigenvalue weighted by atomic mass is 10.0. The summed E-state index contributed by atoms with van der Waals surface area (Å²) in [5, 5.41) is 3.06. The number of nitrogens with one attached hydrogen (secondary N) is 1. The van der Waals surface area contributed by atoms with Crippen molar-refractivity contribution in [2.45, 2.75) is 13.0 Å². The molecule has 0 saturated carbocycles. The second-order valence-electron chi connectivity index (χ2n) is 4.00. The topological polar surface area (TPSA) is 24.9 Å². The number of hydrogen-bond donors (Lipinski definition) is 1. The molecule has 0 bridgehead atoms. The summed E-state index contributed by atoms with van der Waals surface area (Å²) in [6.07, 6.45) is 1.50. The summed E-state index contributed by atoms with van der Waals surface area (Å²) >= 11 is 3.14. The van der Waals surface area contributed by atoms with Crippen LogP contribution in [0.1, 0.15) is 24.2 Å². The summed E-state index contributed by atoms with van der Waals surface area (Å²) in [6, 6.07) is 7.18. The molecule has 100 valence electrons. The summed E-state index contributed by atoms with van der Waals surface area (Å²) in [6.45, 7) is 2.45. The molecule has 5 heteroatoms. The fourth-order valence-electron chi connectivity index (χ4n) is 1.91. The third-order valence-electron chi connectivity index (χ3n) is 2.76. The third kappa shape index (κ3) is 2.98. The fraction of sp³-hybridized carbons (Fsp3) is 0.214. The van der Waals surface area contributed by atoms with Crippen LogP contribution in [0.2, 0.25) is 0 Å². The molecule has 1 aromatic carbocycles. The number of aromatic nitrogens is 1. The molecule has 0 aliphatic heterocycles. The largest absolute Gasteiger partial charge is 0.305 e. The van der Waals surface area contributed by atoms with Crippen LogP contribution in [0.4, 0.5) is 8.78 Å². The molecule has 1 N–H and O–H groups in total. The average molecular weight is 327 g/mol. The first-order valence-corrected chi connectivity index (χ1v) is 6.72. The number of pyridine rings is 1. The Hall–Kier alpha value is -1.33. The first-order chi connectivity index (χ1) is 9.15. The van der Waals surface area contributed by atoms with Crippen molar-refractivity contribution in [1.29, 1.82) is 0 Å². The number of nitrogens with zero attached hydrogens (tertiary/aromatic N) is 1. The lowest BCUT2D eigenvalue weighted by Crippen LogP contribution is -2.25. The number of benzene rings is 1. The molecule has 2 rings (SSSR count). The molecule has 0 amide bonds. The Balaban J connectivity index is 2.52. The normalized spacial score (nSPS) is 12.4. The van der Waals surface area contributed by atoms with Crippen molar-refractivity contribution < 1.29 is 8.78 Å². The van der Waals surface area contributed by atoms with Crippen molar-refractivity contribution in [1.82, 2.24) is 10.3 Å². The smallest absolute Gasteiger partial charge is 0.146 e. The summed E-state index contributed by atoms with van der Waals surface area (Å²) < 4.78 is 28.4. The zero-order valence-corrected chi connectivity index (χ0v) is 11.9. The van der Waals surface area contributed by atoms with Crippen molar-refractivity contribution in [2.24, 2.45) is 0 Å². The maximum Gasteiger partial charge on any atom is 0.146 e. The van der Waals surface area contributed by atoms with E-state index in [0.29, 0.717) is 16.6 Å². The van der Waals surface area contributed by atoms with Crippen molar-refractivity contribution in [3.05, 3.63) is 63.9 Å². The molecule has 1 heterocycles. The van der Waals surface area contributed by atoms with Gasteiger partial charge < -0.3 is 5.32 Å². The van der Waals surface area contributed by atoms with Gasteiger partial charge in [-0.1, -0.05) is 19.1 Å². The standard InChI is InChI=1S/C14H13BrF2N2/c1-2-18-13(14-11(16)7-4-8-19-14)9-5-3-6-10(15)12(9)17/h3-8,13,18H,2H2,1H3. The Bertz CT molecular complexity index is 575. The zero-order chi connectivity index (χ0) is 13.8. The van der Waals surface area contributed by atoms with Crippen molar-refractivity contribution in [3.8, 4) is 0 Å². The second-order valence-corrected chi connectivity index (χ2v) is 4.86. The van der Waals surface area contributed by atoms with Gasteiger partial charge in [0.05, 0.1) is 16.2 Å². The second kappa shape index (κ2) is 6.21. The highest BCUT2D eigenvalue weighted by Crippen LogP contribution is 2.28. The van der Waals surface area contributed by atoms with Gasteiger partial charge in [-0.15, -0.1) is 0 Å². The predicted octanol–water partition coefficient (Wildman–Crippen LogP) is 3.82. The number of halogens is 3. The van der Waals surface area contributed by atoms with Crippen LogP contribution in [-0.4, -0.2) is 11.5 Å². The molecular formula is C14H13BrF2N2. The Kier molecular flexibility index (Phi) is 4.61. The molecule has 0 saturated heterocycles. The van der Waals surface area contributed by atoms with E-state index in [1.54, 1.807) is 18.2 Å². The van der Waals surface area contributed by atoms with E-state index in [0.717, 1.165) is 0 Å². The molecule has 1 unspecified atom stereocenters. The lowest BCUT2D eigenvalue weighted by molar-refractivity contribution is 0.516. The molecule has 19 heavy (non-hydrogen) atoms. The van der Waals surface area contributed by atoms with Gasteiger partial charge in [0.25, 0.3) is 0 Å². The van der Waals surface area contributed by atoms with Gasteiger partial charge in [0.2, 0.25) is 0 Å². The summed E-state index contributed by atoms with van der Waals surface area (Å²) in [7, 11) is 0.